The minimum atomic E-state index is 0.580. The van der Waals surface area contributed by atoms with Gasteiger partial charge >= 0.3 is 0 Å². The van der Waals surface area contributed by atoms with E-state index in [0.717, 1.165) is 17.4 Å². The van der Waals surface area contributed by atoms with Gasteiger partial charge in [-0.25, -0.2) is 0 Å². The molecule has 5 heteroatoms. The monoisotopic (exact) mass is 272 g/mol. The molecule has 2 rings (SSSR count). The molecule has 0 atom stereocenters. The molecule has 0 unspecified atom stereocenters. The number of nitrogens with two attached hydrogens (primary N) is 1. The second-order valence-electron chi connectivity index (χ2n) is 4.03. The highest BCUT2D eigenvalue weighted by Crippen LogP contribution is 2.16. The Kier molecular flexibility index (Phi) is 3.64. The summed E-state index contributed by atoms with van der Waals surface area (Å²) in [6.45, 7) is 4.67. The minimum Gasteiger partial charge on any atom is -0.381 e. The van der Waals surface area contributed by atoms with Crippen LogP contribution in [-0.2, 0) is 6.54 Å². The van der Waals surface area contributed by atoms with E-state index in [0.29, 0.717) is 5.82 Å². The summed E-state index contributed by atoms with van der Waals surface area (Å²) >= 11 is 3.36. The Bertz CT molecular complexity index is 298. The third kappa shape index (κ3) is 2.95. The molecule has 1 saturated heterocycles. The molecule has 0 spiro atoms. The van der Waals surface area contributed by atoms with E-state index in [2.05, 4.69) is 25.9 Å². The average Bonchev–Trinajstić information content (AvgIpc) is 2.79. The van der Waals surface area contributed by atoms with Crippen LogP contribution < -0.4 is 5.73 Å². The van der Waals surface area contributed by atoms with Crippen LogP contribution in [0.3, 0.4) is 0 Å². The van der Waals surface area contributed by atoms with Crippen molar-refractivity contribution < 1.29 is 0 Å². The summed E-state index contributed by atoms with van der Waals surface area (Å²) in [6, 6.07) is 0. The van der Waals surface area contributed by atoms with Crippen LogP contribution in [-0.4, -0.2) is 34.3 Å². The van der Waals surface area contributed by atoms with Gasteiger partial charge in [-0.05, 0) is 54.8 Å². The summed E-state index contributed by atoms with van der Waals surface area (Å²) in [5, 5.41) is 4.20. The quantitative estimate of drug-likeness (QED) is 0.908. The molecule has 0 radical (unpaired) electrons. The van der Waals surface area contributed by atoms with Gasteiger partial charge in [0.2, 0.25) is 0 Å². The number of aryl methyl sites for hydroxylation is 1. The molecule has 0 aliphatic carbocycles. The normalized spacial score (nSPS) is 17.4. The zero-order chi connectivity index (χ0) is 10.7. The Hall–Kier alpha value is -0.550. The van der Waals surface area contributed by atoms with Gasteiger partial charge in [0.25, 0.3) is 0 Å². The van der Waals surface area contributed by atoms with Gasteiger partial charge in [-0.3, -0.25) is 4.68 Å². The lowest BCUT2D eigenvalue weighted by Crippen LogP contribution is -2.21. The Morgan fingerprint density at radius 3 is 2.67 bits per heavy atom. The van der Waals surface area contributed by atoms with Gasteiger partial charge < -0.3 is 10.6 Å². The first-order valence-corrected chi connectivity index (χ1v) is 6.26. The molecule has 4 nitrogen and oxygen atoms in total. The van der Waals surface area contributed by atoms with Crippen molar-refractivity contribution in [2.45, 2.75) is 25.8 Å². The van der Waals surface area contributed by atoms with Crippen molar-refractivity contribution in [3.05, 3.63) is 10.7 Å². The van der Waals surface area contributed by atoms with Crippen molar-refractivity contribution in [2.75, 3.05) is 25.4 Å². The van der Waals surface area contributed by atoms with Crippen molar-refractivity contribution in [3.8, 4) is 0 Å². The second kappa shape index (κ2) is 4.99. The van der Waals surface area contributed by atoms with Gasteiger partial charge in [-0.15, -0.1) is 0 Å². The first kappa shape index (κ1) is 11.0. The maximum Gasteiger partial charge on any atom is 0.159 e. The van der Waals surface area contributed by atoms with E-state index in [-0.39, 0.29) is 0 Å². The van der Waals surface area contributed by atoms with Crippen LogP contribution in [0.25, 0.3) is 0 Å². The van der Waals surface area contributed by atoms with Gasteiger partial charge in [0, 0.05) is 12.7 Å². The molecule has 2 heterocycles. The number of aromatic nitrogens is 2. The van der Waals surface area contributed by atoms with Crippen molar-refractivity contribution in [1.29, 1.82) is 0 Å². The third-order valence-electron chi connectivity index (χ3n) is 2.80. The van der Waals surface area contributed by atoms with Gasteiger partial charge in [0.15, 0.2) is 5.82 Å². The summed E-state index contributed by atoms with van der Waals surface area (Å²) in [4.78, 5) is 2.52. The van der Waals surface area contributed by atoms with Gasteiger partial charge in [-0.2, -0.15) is 5.10 Å². The van der Waals surface area contributed by atoms with Crippen LogP contribution >= 0.6 is 15.9 Å². The molecule has 2 N–H and O–H groups in total. The molecule has 1 aliphatic heterocycles. The summed E-state index contributed by atoms with van der Waals surface area (Å²) in [5.74, 6) is 0.580. The molecule has 0 aromatic carbocycles. The lowest BCUT2D eigenvalue weighted by molar-refractivity contribution is 0.322. The lowest BCUT2D eigenvalue weighted by atomic mass is 10.4. The maximum atomic E-state index is 5.65. The predicted molar refractivity (Wildman–Crippen MR) is 64.6 cm³/mol. The Balaban J connectivity index is 1.73. The Morgan fingerprint density at radius 1 is 1.33 bits per heavy atom. The third-order valence-corrected chi connectivity index (χ3v) is 3.41. The van der Waals surface area contributed by atoms with E-state index in [9.17, 15) is 0 Å². The van der Waals surface area contributed by atoms with Crippen molar-refractivity contribution in [2.24, 2.45) is 0 Å². The highest BCUT2D eigenvalue weighted by Gasteiger charge is 2.10. The summed E-state index contributed by atoms with van der Waals surface area (Å²) in [5.41, 5.74) is 5.65. The van der Waals surface area contributed by atoms with Gasteiger partial charge in [0.1, 0.15) is 0 Å². The van der Waals surface area contributed by atoms with E-state index in [4.69, 9.17) is 5.73 Å². The number of halogens is 1. The van der Waals surface area contributed by atoms with E-state index in [1.54, 1.807) is 0 Å². The maximum absolute atomic E-state index is 5.65. The fourth-order valence-electron chi connectivity index (χ4n) is 1.99. The molecule has 0 saturated carbocycles. The zero-order valence-electron chi connectivity index (χ0n) is 8.82. The largest absolute Gasteiger partial charge is 0.381 e. The summed E-state index contributed by atoms with van der Waals surface area (Å²) in [6.07, 6.45) is 5.81. The van der Waals surface area contributed by atoms with Crippen LogP contribution in [0.5, 0.6) is 0 Å². The first-order valence-electron chi connectivity index (χ1n) is 5.46. The predicted octanol–water partition coefficient (Wildman–Crippen LogP) is 1.71. The number of hydrogen-bond acceptors (Lipinski definition) is 3. The molecular formula is C10H17BrN4. The smallest absolute Gasteiger partial charge is 0.159 e. The molecule has 1 fully saturated rings. The molecule has 0 bridgehead atoms. The lowest BCUT2D eigenvalue weighted by Gasteiger charge is -2.13. The van der Waals surface area contributed by atoms with Crippen molar-refractivity contribution in [3.63, 3.8) is 0 Å². The van der Waals surface area contributed by atoms with E-state index in [1.807, 2.05) is 10.9 Å². The average molecular weight is 273 g/mol. The molecule has 1 aromatic rings. The number of nitrogen functional groups attached to an aromatic ring is 1. The minimum absolute atomic E-state index is 0.580. The Labute approximate surface area is 98.6 Å². The van der Waals surface area contributed by atoms with Crippen LogP contribution in [0, 0.1) is 0 Å². The number of likely N-dealkylation sites (tertiary alicyclic amines) is 1. The standard InChI is InChI=1S/C10H17BrN4/c11-9-8-15(13-10(9)12)7-3-6-14-4-1-2-5-14/h8H,1-7H2,(H2,12,13). The highest BCUT2D eigenvalue weighted by molar-refractivity contribution is 9.10. The first-order chi connectivity index (χ1) is 7.25. The number of hydrogen-bond donors (Lipinski definition) is 1. The van der Waals surface area contributed by atoms with Crippen LogP contribution in [0.15, 0.2) is 10.7 Å². The molecule has 84 valence electrons. The molecule has 15 heavy (non-hydrogen) atoms. The SMILES string of the molecule is Nc1nn(CCCN2CCCC2)cc1Br. The van der Waals surface area contributed by atoms with Gasteiger partial charge in [0.05, 0.1) is 4.47 Å². The number of anilines is 1. The molecule has 1 aliphatic rings. The highest BCUT2D eigenvalue weighted by atomic mass is 79.9. The second-order valence-corrected chi connectivity index (χ2v) is 4.88. The molecule has 1 aromatic heterocycles. The van der Waals surface area contributed by atoms with Crippen molar-refractivity contribution >= 4 is 21.7 Å². The van der Waals surface area contributed by atoms with E-state index in [1.165, 1.54) is 32.5 Å². The number of rotatable bonds is 4. The van der Waals surface area contributed by atoms with Crippen LogP contribution in [0.2, 0.25) is 0 Å². The summed E-state index contributed by atoms with van der Waals surface area (Å²) < 4.78 is 2.80. The molecule has 0 amide bonds. The summed E-state index contributed by atoms with van der Waals surface area (Å²) in [7, 11) is 0. The van der Waals surface area contributed by atoms with E-state index < -0.39 is 0 Å². The Morgan fingerprint density at radius 2 is 2.07 bits per heavy atom. The van der Waals surface area contributed by atoms with Crippen LogP contribution in [0.1, 0.15) is 19.3 Å². The van der Waals surface area contributed by atoms with Crippen molar-refractivity contribution in [1.82, 2.24) is 14.7 Å². The number of nitrogens with zero attached hydrogens (tertiary/aromatic N) is 3. The fraction of sp³-hybridized carbons (Fsp3) is 0.700. The fourth-order valence-corrected chi connectivity index (χ4v) is 2.30. The molecular weight excluding hydrogens is 256 g/mol. The topological polar surface area (TPSA) is 47.1 Å². The van der Waals surface area contributed by atoms with E-state index >= 15 is 0 Å². The van der Waals surface area contributed by atoms with Gasteiger partial charge in [-0.1, -0.05) is 0 Å². The van der Waals surface area contributed by atoms with Crippen LogP contribution in [0.4, 0.5) is 5.82 Å². The zero-order valence-corrected chi connectivity index (χ0v) is 10.4.